The first-order valence-corrected chi connectivity index (χ1v) is 7.53. The third-order valence-electron chi connectivity index (χ3n) is 3.73. The second-order valence-corrected chi connectivity index (χ2v) is 5.65. The highest BCUT2D eigenvalue weighted by Gasteiger charge is 2.18. The number of hydrogen-bond acceptors (Lipinski definition) is 3. The molecule has 112 valence electrons. The molecule has 0 amide bonds. The first-order valence-electron chi connectivity index (χ1n) is 7.15. The number of likely N-dealkylation sites (N-methyl/N-ethyl adjacent to an activating group) is 1. The summed E-state index contributed by atoms with van der Waals surface area (Å²) in [6, 6.07) is 11.7. The third-order valence-corrected chi connectivity index (χ3v) is 3.98. The molecule has 0 radical (unpaired) electrons. The Morgan fingerprint density at radius 1 is 1.10 bits per heavy atom. The van der Waals surface area contributed by atoms with Gasteiger partial charge in [0.05, 0.1) is 6.10 Å². The molecule has 0 fully saturated rings. The summed E-state index contributed by atoms with van der Waals surface area (Å²) in [4.78, 5) is 6.23. The summed E-state index contributed by atoms with van der Waals surface area (Å²) in [6.45, 7) is 2.72. The molecule has 2 unspecified atom stereocenters. The number of aliphatic hydroxyl groups is 1. The molecular weight excluding hydrogens is 284 g/mol. The molecule has 0 aliphatic carbocycles. The van der Waals surface area contributed by atoms with Crippen molar-refractivity contribution >= 4 is 11.6 Å². The van der Waals surface area contributed by atoms with Crippen molar-refractivity contribution in [2.45, 2.75) is 25.5 Å². The van der Waals surface area contributed by atoms with Gasteiger partial charge in [-0.3, -0.25) is 9.88 Å². The Bertz CT molecular complexity index is 544. The summed E-state index contributed by atoms with van der Waals surface area (Å²) in [5.41, 5.74) is 2.11. The van der Waals surface area contributed by atoms with Gasteiger partial charge in [-0.2, -0.15) is 0 Å². The predicted molar refractivity (Wildman–Crippen MR) is 86.3 cm³/mol. The van der Waals surface area contributed by atoms with Crippen LogP contribution in [-0.4, -0.2) is 28.6 Å². The molecule has 0 aliphatic rings. The summed E-state index contributed by atoms with van der Waals surface area (Å²) >= 11 is 5.88. The highest BCUT2D eigenvalue weighted by molar-refractivity contribution is 6.30. The Kier molecular flexibility index (Phi) is 5.74. The molecule has 21 heavy (non-hydrogen) atoms. The van der Waals surface area contributed by atoms with E-state index < -0.39 is 6.10 Å². The topological polar surface area (TPSA) is 36.4 Å². The standard InChI is InChI=1S/C17H21ClN2O/c1-3-16(13-8-10-19-11-9-13)20(2)12-17(21)14-4-6-15(18)7-5-14/h4-11,16-17,21H,3,12H2,1-2H3. The lowest BCUT2D eigenvalue weighted by molar-refractivity contribution is 0.103. The SMILES string of the molecule is CCC(c1ccncc1)N(C)CC(O)c1ccc(Cl)cc1. The summed E-state index contributed by atoms with van der Waals surface area (Å²) in [7, 11) is 2.04. The maximum Gasteiger partial charge on any atom is 0.0917 e. The predicted octanol–water partition coefficient (Wildman–Crippen LogP) is 3.85. The van der Waals surface area contributed by atoms with Crippen LogP contribution in [0.2, 0.25) is 5.02 Å². The van der Waals surface area contributed by atoms with Gasteiger partial charge in [0.2, 0.25) is 0 Å². The van der Waals surface area contributed by atoms with Crippen LogP contribution in [0.1, 0.15) is 36.6 Å². The molecule has 0 bridgehead atoms. The molecule has 0 aliphatic heterocycles. The van der Waals surface area contributed by atoms with Gasteiger partial charge in [-0.15, -0.1) is 0 Å². The van der Waals surface area contributed by atoms with E-state index in [4.69, 9.17) is 11.6 Å². The van der Waals surface area contributed by atoms with E-state index in [2.05, 4.69) is 16.8 Å². The smallest absolute Gasteiger partial charge is 0.0917 e. The van der Waals surface area contributed by atoms with Crippen LogP contribution in [0.3, 0.4) is 0 Å². The van der Waals surface area contributed by atoms with Crippen LogP contribution in [0, 0.1) is 0 Å². The number of halogens is 1. The molecule has 1 N–H and O–H groups in total. The van der Waals surface area contributed by atoms with Gasteiger partial charge in [0.1, 0.15) is 0 Å². The lowest BCUT2D eigenvalue weighted by atomic mass is 10.0. The lowest BCUT2D eigenvalue weighted by Crippen LogP contribution is -2.29. The summed E-state index contributed by atoms with van der Waals surface area (Å²) < 4.78 is 0. The van der Waals surface area contributed by atoms with Crippen LogP contribution < -0.4 is 0 Å². The number of aromatic nitrogens is 1. The first kappa shape index (κ1) is 16.0. The molecule has 4 heteroatoms. The van der Waals surface area contributed by atoms with Crippen LogP contribution in [0.4, 0.5) is 0 Å². The van der Waals surface area contributed by atoms with Gasteiger partial charge >= 0.3 is 0 Å². The van der Waals surface area contributed by atoms with Crippen LogP contribution in [0.5, 0.6) is 0 Å². The van der Waals surface area contributed by atoms with Crippen molar-refractivity contribution in [3.63, 3.8) is 0 Å². The fourth-order valence-electron chi connectivity index (χ4n) is 2.58. The number of rotatable bonds is 6. The zero-order chi connectivity index (χ0) is 15.2. The second kappa shape index (κ2) is 7.55. The fourth-order valence-corrected chi connectivity index (χ4v) is 2.70. The molecule has 0 spiro atoms. The van der Waals surface area contributed by atoms with E-state index in [-0.39, 0.29) is 6.04 Å². The quantitative estimate of drug-likeness (QED) is 0.880. The molecule has 1 aromatic heterocycles. The van der Waals surface area contributed by atoms with Crippen molar-refractivity contribution in [2.24, 2.45) is 0 Å². The number of nitrogens with zero attached hydrogens (tertiary/aromatic N) is 2. The van der Waals surface area contributed by atoms with Gasteiger partial charge in [0.25, 0.3) is 0 Å². The van der Waals surface area contributed by atoms with Gasteiger partial charge in [0, 0.05) is 30.0 Å². The van der Waals surface area contributed by atoms with Gasteiger partial charge in [-0.1, -0.05) is 30.7 Å². The first-order chi connectivity index (χ1) is 10.1. The Labute approximate surface area is 131 Å². The monoisotopic (exact) mass is 304 g/mol. The molecule has 2 atom stereocenters. The van der Waals surface area contributed by atoms with E-state index >= 15 is 0 Å². The molecule has 1 aromatic carbocycles. The van der Waals surface area contributed by atoms with Crippen molar-refractivity contribution in [1.29, 1.82) is 0 Å². The van der Waals surface area contributed by atoms with E-state index in [1.165, 1.54) is 5.56 Å². The largest absolute Gasteiger partial charge is 0.387 e. The highest BCUT2D eigenvalue weighted by atomic mass is 35.5. The highest BCUT2D eigenvalue weighted by Crippen LogP contribution is 2.25. The Hall–Kier alpha value is -1.42. The molecule has 2 aromatic rings. The van der Waals surface area contributed by atoms with Gasteiger partial charge in [-0.25, -0.2) is 0 Å². The van der Waals surface area contributed by atoms with Crippen LogP contribution in [0.25, 0.3) is 0 Å². The Morgan fingerprint density at radius 2 is 1.71 bits per heavy atom. The van der Waals surface area contributed by atoms with Crippen molar-refractivity contribution < 1.29 is 5.11 Å². The van der Waals surface area contributed by atoms with Gasteiger partial charge in [-0.05, 0) is 48.9 Å². The van der Waals surface area contributed by atoms with Crippen molar-refractivity contribution in [3.05, 3.63) is 64.9 Å². The molecule has 0 saturated heterocycles. The average Bonchev–Trinajstić information content (AvgIpc) is 2.49. The number of benzene rings is 1. The number of hydrogen-bond donors (Lipinski definition) is 1. The Balaban J connectivity index is 2.05. The van der Waals surface area contributed by atoms with Crippen LogP contribution >= 0.6 is 11.6 Å². The minimum atomic E-state index is -0.525. The summed E-state index contributed by atoms with van der Waals surface area (Å²) in [5.74, 6) is 0. The summed E-state index contributed by atoms with van der Waals surface area (Å²) in [6.07, 6.45) is 4.07. The Morgan fingerprint density at radius 3 is 2.29 bits per heavy atom. The normalized spacial score (nSPS) is 14.1. The number of pyridine rings is 1. The van der Waals surface area contributed by atoms with E-state index in [0.29, 0.717) is 11.6 Å². The fraction of sp³-hybridized carbons (Fsp3) is 0.353. The van der Waals surface area contributed by atoms with Crippen molar-refractivity contribution in [1.82, 2.24) is 9.88 Å². The second-order valence-electron chi connectivity index (χ2n) is 5.21. The molecular formula is C17H21ClN2O. The van der Waals surface area contributed by atoms with Gasteiger partial charge < -0.3 is 5.11 Å². The average molecular weight is 305 g/mol. The molecule has 3 nitrogen and oxygen atoms in total. The molecule has 1 heterocycles. The third kappa shape index (κ3) is 4.27. The van der Waals surface area contributed by atoms with E-state index in [1.807, 2.05) is 43.7 Å². The van der Waals surface area contributed by atoms with Gasteiger partial charge in [0.15, 0.2) is 0 Å². The van der Waals surface area contributed by atoms with Crippen molar-refractivity contribution in [2.75, 3.05) is 13.6 Å². The van der Waals surface area contributed by atoms with Crippen LogP contribution in [-0.2, 0) is 0 Å². The maximum atomic E-state index is 10.4. The van der Waals surface area contributed by atoms with E-state index in [9.17, 15) is 5.11 Å². The molecule has 2 rings (SSSR count). The number of aliphatic hydroxyl groups excluding tert-OH is 1. The minimum Gasteiger partial charge on any atom is -0.387 e. The van der Waals surface area contributed by atoms with Crippen molar-refractivity contribution in [3.8, 4) is 0 Å². The van der Waals surface area contributed by atoms with Crippen LogP contribution in [0.15, 0.2) is 48.8 Å². The van der Waals surface area contributed by atoms with E-state index in [1.54, 1.807) is 12.1 Å². The zero-order valence-electron chi connectivity index (χ0n) is 12.4. The minimum absolute atomic E-state index is 0.273. The maximum absolute atomic E-state index is 10.4. The van der Waals surface area contributed by atoms with E-state index in [0.717, 1.165) is 12.0 Å². The summed E-state index contributed by atoms with van der Waals surface area (Å²) in [5, 5.41) is 11.1. The lowest BCUT2D eigenvalue weighted by Gasteiger charge is -2.29. The molecule has 0 saturated carbocycles. The zero-order valence-corrected chi connectivity index (χ0v) is 13.2.